The molecule has 0 aliphatic heterocycles. The second-order valence-electron chi connectivity index (χ2n) is 6.01. The quantitative estimate of drug-likeness (QED) is 0.806. The van der Waals surface area contributed by atoms with Crippen molar-refractivity contribution in [2.45, 2.75) is 39.3 Å². The van der Waals surface area contributed by atoms with Gasteiger partial charge in [-0.25, -0.2) is 0 Å². The van der Waals surface area contributed by atoms with Crippen molar-refractivity contribution < 1.29 is 14.6 Å². The maximum Gasteiger partial charge on any atom is 0.161 e. The number of aliphatic hydroxyl groups excluding tert-OH is 1. The third-order valence-electron chi connectivity index (χ3n) is 2.85. The van der Waals surface area contributed by atoms with E-state index < -0.39 is 6.10 Å². The second kappa shape index (κ2) is 9.72. The van der Waals surface area contributed by atoms with Gasteiger partial charge in [-0.1, -0.05) is 18.2 Å². The molecule has 0 saturated carbocycles. The summed E-state index contributed by atoms with van der Waals surface area (Å²) in [4.78, 5) is 0. The molecular weight excluding hydrogens is 302 g/mol. The number of benzene rings is 1. The first-order valence-electron chi connectivity index (χ1n) is 7.22. The van der Waals surface area contributed by atoms with Gasteiger partial charge in [0.15, 0.2) is 11.5 Å². The van der Waals surface area contributed by atoms with Crippen LogP contribution in [0.5, 0.6) is 11.5 Å². The van der Waals surface area contributed by atoms with Crippen molar-refractivity contribution in [3.05, 3.63) is 29.8 Å². The maximum absolute atomic E-state index is 9.94. The molecule has 5 heteroatoms. The fraction of sp³-hybridized carbons (Fsp3) is 0.529. The van der Waals surface area contributed by atoms with Crippen molar-refractivity contribution >= 4 is 18.5 Å². The Bertz CT molecular complexity index is 469. The van der Waals surface area contributed by atoms with E-state index in [0.29, 0.717) is 18.0 Å². The van der Waals surface area contributed by atoms with Gasteiger partial charge in [-0.3, -0.25) is 0 Å². The second-order valence-corrected chi connectivity index (χ2v) is 6.01. The number of halogens is 1. The van der Waals surface area contributed by atoms with Gasteiger partial charge in [0.25, 0.3) is 0 Å². The molecule has 1 atom stereocenters. The third-order valence-corrected chi connectivity index (χ3v) is 2.85. The summed E-state index contributed by atoms with van der Waals surface area (Å²) in [6, 6.07) is 5.73. The minimum Gasteiger partial charge on any atom is -0.493 e. The standard InChI is InChI=1S/C17H27NO3.ClH/c1-6-7-13-8-9-15(16(10-13)20-5)21-12-14(19)11-18-17(2,3)4;/h6-10,14,18-19H,11-12H2,1-5H3;1H/b7-6+;. The van der Waals surface area contributed by atoms with E-state index in [2.05, 4.69) is 26.1 Å². The summed E-state index contributed by atoms with van der Waals surface area (Å²) in [5.74, 6) is 1.31. The highest BCUT2D eigenvalue weighted by atomic mass is 35.5. The van der Waals surface area contributed by atoms with Crippen LogP contribution < -0.4 is 14.8 Å². The van der Waals surface area contributed by atoms with Gasteiger partial charge in [-0.05, 0) is 45.4 Å². The highest BCUT2D eigenvalue weighted by molar-refractivity contribution is 5.85. The Hall–Kier alpha value is -1.23. The number of rotatable bonds is 7. The predicted octanol–water partition coefficient (Wildman–Crippen LogP) is 3.28. The van der Waals surface area contributed by atoms with Crippen molar-refractivity contribution in [2.24, 2.45) is 0 Å². The number of nitrogens with one attached hydrogen (secondary N) is 1. The first-order valence-corrected chi connectivity index (χ1v) is 7.22. The lowest BCUT2D eigenvalue weighted by molar-refractivity contribution is 0.0985. The van der Waals surface area contributed by atoms with Gasteiger partial charge in [-0.2, -0.15) is 0 Å². The Morgan fingerprint density at radius 1 is 1.27 bits per heavy atom. The molecule has 0 fully saturated rings. The topological polar surface area (TPSA) is 50.7 Å². The summed E-state index contributed by atoms with van der Waals surface area (Å²) >= 11 is 0. The van der Waals surface area contributed by atoms with E-state index in [1.165, 1.54) is 0 Å². The summed E-state index contributed by atoms with van der Waals surface area (Å²) in [6.45, 7) is 8.86. The van der Waals surface area contributed by atoms with Crippen molar-refractivity contribution in [2.75, 3.05) is 20.3 Å². The zero-order chi connectivity index (χ0) is 15.9. The van der Waals surface area contributed by atoms with Crippen LogP contribution in [-0.2, 0) is 0 Å². The van der Waals surface area contributed by atoms with Crippen LogP contribution in [0.3, 0.4) is 0 Å². The number of allylic oxidation sites excluding steroid dienone is 1. The van der Waals surface area contributed by atoms with Crippen LogP contribution in [0.2, 0.25) is 0 Å². The maximum atomic E-state index is 9.94. The highest BCUT2D eigenvalue weighted by Crippen LogP contribution is 2.28. The Balaban J connectivity index is 0.00000441. The summed E-state index contributed by atoms with van der Waals surface area (Å²) in [5, 5.41) is 13.2. The van der Waals surface area contributed by atoms with Gasteiger partial charge in [-0.15, -0.1) is 12.4 Å². The number of aliphatic hydroxyl groups is 1. The number of β-amino-alcohol motifs (C(OH)–C–C–N with tert-alkyl or cyclic N) is 1. The van der Waals surface area contributed by atoms with Gasteiger partial charge in [0.1, 0.15) is 12.7 Å². The molecule has 0 radical (unpaired) electrons. The fourth-order valence-electron chi connectivity index (χ4n) is 1.77. The first-order chi connectivity index (χ1) is 9.85. The molecule has 0 bridgehead atoms. The molecule has 0 spiro atoms. The van der Waals surface area contributed by atoms with E-state index in [1.807, 2.05) is 37.3 Å². The molecule has 1 rings (SSSR count). The molecule has 4 nitrogen and oxygen atoms in total. The highest BCUT2D eigenvalue weighted by Gasteiger charge is 2.13. The van der Waals surface area contributed by atoms with E-state index in [9.17, 15) is 5.11 Å². The lowest BCUT2D eigenvalue weighted by Crippen LogP contribution is -2.42. The molecule has 0 heterocycles. The molecule has 22 heavy (non-hydrogen) atoms. The predicted molar refractivity (Wildman–Crippen MR) is 94.2 cm³/mol. The molecule has 1 aromatic carbocycles. The van der Waals surface area contributed by atoms with Crippen molar-refractivity contribution in [3.63, 3.8) is 0 Å². The molecule has 1 unspecified atom stereocenters. The Morgan fingerprint density at radius 2 is 1.95 bits per heavy atom. The Kier molecular flexibility index (Phi) is 9.18. The minimum atomic E-state index is -0.566. The number of hydrogen-bond donors (Lipinski definition) is 2. The molecule has 1 aromatic rings. The van der Waals surface area contributed by atoms with Crippen molar-refractivity contribution in [1.29, 1.82) is 0 Å². The monoisotopic (exact) mass is 329 g/mol. The van der Waals surface area contributed by atoms with Crippen LogP contribution >= 0.6 is 12.4 Å². The van der Waals surface area contributed by atoms with Gasteiger partial charge < -0.3 is 19.9 Å². The first kappa shape index (κ1) is 20.8. The molecule has 0 amide bonds. The third kappa shape index (κ3) is 7.69. The van der Waals surface area contributed by atoms with Gasteiger partial charge >= 0.3 is 0 Å². The van der Waals surface area contributed by atoms with E-state index in [1.54, 1.807) is 7.11 Å². The zero-order valence-electron chi connectivity index (χ0n) is 14.1. The Morgan fingerprint density at radius 3 is 2.50 bits per heavy atom. The number of hydrogen-bond acceptors (Lipinski definition) is 4. The van der Waals surface area contributed by atoms with Gasteiger partial charge in [0.2, 0.25) is 0 Å². The summed E-state index contributed by atoms with van der Waals surface area (Å²) in [7, 11) is 1.61. The van der Waals surface area contributed by atoms with E-state index in [4.69, 9.17) is 9.47 Å². The largest absolute Gasteiger partial charge is 0.493 e. The van der Waals surface area contributed by atoms with Crippen LogP contribution in [0.4, 0.5) is 0 Å². The van der Waals surface area contributed by atoms with Crippen molar-refractivity contribution in [1.82, 2.24) is 5.32 Å². The zero-order valence-corrected chi connectivity index (χ0v) is 14.9. The average Bonchev–Trinajstić information content (AvgIpc) is 2.43. The lowest BCUT2D eigenvalue weighted by Gasteiger charge is -2.23. The van der Waals surface area contributed by atoms with Crippen LogP contribution in [0.1, 0.15) is 33.3 Å². The number of methoxy groups -OCH3 is 1. The van der Waals surface area contributed by atoms with E-state index in [0.717, 1.165) is 5.56 Å². The van der Waals surface area contributed by atoms with Crippen LogP contribution in [0.25, 0.3) is 6.08 Å². The molecule has 0 aromatic heterocycles. The molecule has 0 saturated heterocycles. The Labute approximate surface area is 139 Å². The van der Waals surface area contributed by atoms with Gasteiger partial charge in [0, 0.05) is 12.1 Å². The normalized spacial score (nSPS) is 12.8. The van der Waals surface area contributed by atoms with Crippen LogP contribution in [0.15, 0.2) is 24.3 Å². The average molecular weight is 330 g/mol. The number of ether oxygens (including phenoxy) is 2. The van der Waals surface area contributed by atoms with Crippen LogP contribution in [0, 0.1) is 0 Å². The van der Waals surface area contributed by atoms with Crippen molar-refractivity contribution in [3.8, 4) is 11.5 Å². The minimum absolute atomic E-state index is 0. The van der Waals surface area contributed by atoms with Crippen LogP contribution in [-0.4, -0.2) is 37.0 Å². The summed E-state index contributed by atoms with van der Waals surface area (Å²) in [5.41, 5.74) is 1.03. The van der Waals surface area contributed by atoms with E-state index in [-0.39, 0.29) is 24.6 Å². The molecule has 126 valence electrons. The van der Waals surface area contributed by atoms with E-state index >= 15 is 0 Å². The molecule has 2 N–H and O–H groups in total. The lowest BCUT2D eigenvalue weighted by atomic mass is 10.1. The summed E-state index contributed by atoms with van der Waals surface area (Å²) < 4.78 is 11.0. The smallest absolute Gasteiger partial charge is 0.161 e. The molecule has 0 aliphatic carbocycles. The summed E-state index contributed by atoms with van der Waals surface area (Å²) in [6.07, 6.45) is 3.40. The molecule has 0 aliphatic rings. The fourth-order valence-corrected chi connectivity index (χ4v) is 1.77. The molecular formula is C17H28ClNO3. The SMILES string of the molecule is C/C=C/c1ccc(OCC(O)CNC(C)(C)C)c(OC)c1.Cl. The van der Waals surface area contributed by atoms with Gasteiger partial charge in [0.05, 0.1) is 7.11 Å².